The number of carbonyl (C=O) groups excluding carboxylic acids is 1. The van der Waals surface area contributed by atoms with E-state index in [0.29, 0.717) is 19.5 Å². The molecule has 1 aromatic heterocycles. The first kappa shape index (κ1) is 19.7. The van der Waals surface area contributed by atoms with Crippen LogP contribution < -0.4 is 0 Å². The van der Waals surface area contributed by atoms with Gasteiger partial charge in [-0.25, -0.2) is 0 Å². The van der Waals surface area contributed by atoms with Crippen LogP contribution in [-0.4, -0.2) is 62.7 Å². The second kappa shape index (κ2) is 8.76. The number of hydrogen-bond donors (Lipinski definition) is 1. The molecular weight excluding hydrogens is 348 g/mol. The molecule has 2 fully saturated rings. The van der Waals surface area contributed by atoms with Gasteiger partial charge in [0, 0.05) is 26.2 Å². The van der Waals surface area contributed by atoms with Gasteiger partial charge in [-0.3, -0.25) is 9.69 Å². The van der Waals surface area contributed by atoms with E-state index < -0.39 is 5.60 Å². The highest BCUT2D eigenvalue weighted by molar-refractivity contribution is 7.05. The SMILES string of the molecule is Cc1nnsc1CN(C)CC1(O)CCCN(CCC2CCCCC2)C1=O. The molecule has 1 saturated carbocycles. The molecule has 1 unspecified atom stereocenters. The maximum absolute atomic E-state index is 13.0. The number of likely N-dealkylation sites (N-methyl/N-ethyl adjacent to an activating group) is 1. The number of nitrogens with zero attached hydrogens (tertiary/aromatic N) is 4. The Bertz CT molecular complexity index is 602. The molecule has 3 rings (SSSR count). The van der Waals surface area contributed by atoms with Crippen LogP contribution in [0, 0.1) is 12.8 Å². The molecule has 2 heterocycles. The third-order valence-corrected chi connectivity index (χ3v) is 6.73. The minimum atomic E-state index is -1.26. The van der Waals surface area contributed by atoms with Gasteiger partial charge in [-0.2, -0.15) is 0 Å². The molecule has 0 spiro atoms. The van der Waals surface area contributed by atoms with E-state index >= 15 is 0 Å². The van der Waals surface area contributed by atoms with Crippen molar-refractivity contribution in [1.29, 1.82) is 0 Å². The monoisotopic (exact) mass is 380 g/mol. The number of carbonyl (C=O) groups is 1. The molecule has 1 aliphatic heterocycles. The highest BCUT2D eigenvalue weighted by atomic mass is 32.1. The summed E-state index contributed by atoms with van der Waals surface area (Å²) >= 11 is 1.38. The van der Waals surface area contributed by atoms with Crippen molar-refractivity contribution in [3.63, 3.8) is 0 Å². The van der Waals surface area contributed by atoms with E-state index in [0.717, 1.165) is 42.4 Å². The number of aryl methyl sites for hydroxylation is 1. The van der Waals surface area contributed by atoms with Crippen LogP contribution in [-0.2, 0) is 11.3 Å². The molecule has 146 valence electrons. The van der Waals surface area contributed by atoms with Crippen LogP contribution in [0.15, 0.2) is 0 Å². The van der Waals surface area contributed by atoms with E-state index in [1.54, 1.807) is 0 Å². The lowest BCUT2D eigenvalue weighted by atomic mass is 9.86. The van der Waals surface area contributed by atoms with Gasteiger partial charge in [-0.15, -0.1) is 5.10 Å². The normalized spacial score (nSPS) is 25.2. The van der Waals surface area contributed by atoms with Crippen molar-refractivity contribution in [2.45, 2.75) is 70.4 Å². The van der Waals surface area contributed by atoms with Gasteiger partial charge < -0.3 is 10.0 Å². The van der Waals surface area contributed by atoms with Gasteiger partial charge in [0.15, 0.2) is 5.60 Å². The fraction of sp³-hybridized carbons (Fsp3) is 0.842. The van der Waals surface area contributed by atoms with Gasteiger partial charge >= 0.3 is 0 Å². The van der Waals surface area contributed by atoms with Crippen molar-refractivity contribution in [2.75, 3.05) is 26.7 Å². The van der Waals surface area contributed by atoms with Crippen LogP contribution in [0.2, 0.25) is 0 Å². The van der Waals surface area contributed by atoms with E-state index in [1.165, 1.54) is 43.6 Å². The summed E-state index contributed by atoms with van der Waals surface area (Å²) in [6.07, 6.45) is 9.15. The summed E-state index contributed by atoms with van der Waals surface area (Å²) in [6.45, 7) is 4.56. The van der Waals surface area contributed by atoms with E-state index in [2.05, 4.69) is 9.59 Å². The molecule has 6 nitrogen and oxygen atoms in total. The Hall–Kier alpha value is -1.05. The lowest BCUT2D eigenvalue weighted by molar-refractivity contribution is -0.159. The van der Waals surface area contributed by atoms with Crippen molar-refractivity contribution < 1.29 is 9.90 Å². The summed E-state index contributed by atoms with van der Waals surface area (Å²) in [5.74, 6) is 0.682. The van der Waals surface area contributed by atoms with Crippen molar-refractivity contribution in [3.05, 3.63) is 10.6 Å². The fourth-order valence-corrected chi connectivity index (χ4v) is 5.10. The number of hydrogen-bond acceptors (Lipinski definition) is 6. The number of aromatic nitrogens is 2. The molecule has 1 N–H and O–H groups in total. The first-order valence-electron chi connectivity index (χ1n) is 9.96. The minimum Gasteiger partial charge on any atom is -0.379 e. The third kappa shape index (κ3) is 4.81. The van der Waals surface area contributed by atoms with Crippen LogP contribution in [0.4, 0.5) is 0 Å². The Morgan fingerprint density at radius 3 is 2.77 bits per heavy atom. The van der Waals surface area contributed by atoms with Crippen molar-refractivity contribution in [1.82, 2.24) is 19.4 Å². The lowest BCUT2D eigenvalue weighted by Crippen LogP contribution is -2.58. The van der Waals surface area contributed by atoms with Gasteiger partial charge in [0.05, 0.1) is 10.6 Å². The van der Waals surface area contributed by atoms with Crippen LogP contribution in [0.25, 0.3) is 0 Å². The summed E-state index contributed by atoms with van der Waals surface area (Å²) in [6, 6.07) is 0. The van der Waals surface area contributed by atoms with E-state index in [9.17, 15) is 9.90 Å². The molecule has 0 aromatic carbocycles. The average Bonchev–Trinajstić information content (AvgIpc) is 3.02. The number of aliphatic hydroxyl groups is 1. The third-order valence-electron chi connectivity index (χ3n) is 5.93. The second-order valence-electron chi connectivity index (χ2n) is 8.17. The molecule has 2 aliphatic rings. The maximum atomic E-state index is 13.0. The van der Waals surface area contributed by atoms with Crippen molar-refractivity contribution >= 4 is 17.4 Å². The predicted octanol–water partition coefficient (Wildman–Crippen LogP) is 2.60. The van der Waals surface area contributed by atoms with Crippen LogP contribution in [0.5, 0.6) is 0 Å². The Balaban J connectivity index is 1.53. The van der Waals surface area contributed by atoms with Crippen LogP contribution >= 0.6 is 11.5 Å². The first-order valence-corrected chi connectivity index (χ1v) is 10.7. The Kier molecular flexibility index (Phi) is 6.64. The summed E-state index contributed by atoms with van der Waals surface area (Å²) in [5.41, 5.74) is -0.330. The Morgan fingerprint density at radius 1 is 1.31 bits per heavy atom. The molecule has 1 saturated heterocycles. The quantitative estimate of drug-likeness (QED) is 0.787. The molecule has 1 aliphatic carbocycles. The zero-order valence-corrected chi connectivity index (χ0v) is 16.9. The number of likely N-dealkylation sites (tertiary alicyclic amines) is 1. The average molecular weight is 381 g/mol. The highest BCUT2D eigenvalue weighted by Crippen LogP contribution is 2.29. The summed E-state index contributed by atoms with van der Waals surface area (Å²) in [4.78, 5) is 18.0. The molecule has 1 atom stereocenters. The molecule has 0 radical (unpaired) electrons. The number of amides is 1. The Labute approximate surface area is 160 Å². The highest BCUT2D eigenvalue weighted by Gasteiger charge is 2.42. The maximum Gasteiger partial charge on any atom is 0.255 e. The van der Waals surface area contributed by atoms with Gasteiger partial charge in [-0.1, -0.05) is 36.6 Å². The topological polar surface area (TPSA) is 69.6 Å². The zero-order valence-electron chi connectivity index (χ0n) is 16.1. The summed E-state index contributed by atoms with van der Waals surface area (Å²) in [7, 11) is 1.95. The van der Waals surface area contributed by atoms with E-state index in [-0.39, 0.29) is 5.91 Å². The molecular formula is C19H32N4O2S. The molecule has 1 aromatic rings. The molecule has 26 heavy (non-hydrogen) atoms. The minimum absolute atomic E-state index is 0.0782. The van der Waals surface area contributed by atoms with E-state index in [1.807, 2.05) is 23.8 Å². The molecule has 1 amide bonds. The van der Waals surface area contributed by atoms with Gasteiger partial charge in [0.1, 0.15) is 0 Å². The largest absolute Gasteiger partial charge is 0.379 e. The summed E-state index contributed by atoms with van der Waals surface area (Å²) < 4.78 is 3.96. The van der Waals surface area contributed by atoms with Crippen molar-refractivity contribution in [3.8, 4) is 0 Å². The standard InChI is InChI=1S/C19H32N4O2S/c1-15-17(26-21-20-15)13-22(2)14-19(25)10-6-11-23(18(19)24)12-9-16-7-4-3-5-8-16/h16,25H,3-14H2,1-2H3. The van der Waals surface area contributed by atoms with Crippen LogP contribution in [0.1, 0.15) is 61.9 Å². The molecule has 7 heteroatoms. The van der Waals surface area contributed by atoms with Gasteiger partial charge in [0.25, 0.3) is 5.91 Å². The zero-order chi connectivity index (χ0) is 18.6. The first-order chi connectivity index (χ1) is 12.5. The van der Waals surface area contributed by atoms with Gasteiger partial charge in [0.2, 0.25) is 0 Å². The fourth-order valence-electron chi connectivity index (χ4n) is 4.38. The van der Waals surface area contributed by atoms with Crippen LogP contribution in [0.3, 0.4) is 0 Å². The summed E-state index contributed by atoms with van der Waals surface area (Å²) in [5, 5.41) is 15.1. The number of piperidine rings is 1. The van der Waals surface area contributed by atoms with Crippen molar-refractivity contribution in [2.24, 2.45) is 5.92 Å². The second-order valence-corrected chi connectivity index (χ2v) is 9.01. The predicted molar refractivity (Wildman–Crippen MR) is 103 cm³/mol. The lowest BCUT2D eigenvalue weighted by Gasteiger charge is -2.40. The molecule has 0 bridgehead atoms. The number of rotatable bonds is 7. The smallest absolute Gasteiger partial charge is 0.255 e. The van der Waals surface area contributed by atoms with Gasteiger partial charge in [-0.05, 0) is 50.7 Å². The Morgan fingerprint density at radius 2 is 2.08 bits per heavy atom. The van der Waals surface area contributed by atoms with E-state index in [4.69, 9.17) is 0 Å².